The van der Waals surface area contributed by atoms with Gasteiger partial charge >= 0.3 is 0 Å². The van der Waals surface area contributed by atoms with E-state index in [0.29, 0.717) is 0 Å². The number of thiophene rings is 1. The van der Waals surface area contributed by atoms with Crippen molar-refractivity contribution in [3.63, 3.8) is 0 Å². The van der Waals surface area contributed by atoms with Gasteiger partial charge in [-0.25, -0.2) is 0 Å². The van der Waals surface area contributed by atoms with Gasteiger partial charge in [0.1, 0.15) is 0 Å². The molecule has 4 heteroatoms. The minimum absolute atomic E-state index is 1.08. The molecule has 0 atom stereocenters. The van der Waals surface area contributed by atoms with Crippen molar-refractivity contribution in [3.8, 4) is 11.1 Å². The van der Waals surface area contributed by atoms with E-state index in [9.17, 15) is 0 Å². The lowest BCUT2D eigenvalue weighted by Gasteiger charge is -2.29. The molecule has 276 valence electrons. The summed E-state index contributed by atoms with van der Waals surface area (Å²) in [4.78, 5) is 6.98. The van der Waals surface area contributed by atoms with Crippen LogP contribution < -0.4 is 14.7 Å². The largest absolute Gasteiger partial charge is 0.310 e. The van der Waals surface area contributed by atoms with Crippen molar-refractivity contribution in [2.24, 2.45) is 0 Å². The van der Waals surface area contributed by atoms with E-state index in [1.54, 1.807) is 0 Å². The van der Waals surface area contributed by atoms with Crippen LogP contribution in [0.1, 0.15) is 0 Å². The Morgan fingerprint density at radius 2 is 0.534 bits per heavy atom. The van der Waals surface area contributed by atoms with Gasteiger partial charge in [0.2, 0.25) is 0 Å². The molecule has 0 unspecified atom stereocenters. The van der Waals surface area contributed by atoms with Crippen molar-refractivity contribution in [2.75, 3.05) is 14.7 Å². The van der Waals surface area contributed by atoms with E-state index in [4.69, 9.17) is 0 Å². The van der Waals surface area contributed by atoms with Gasteiger partial charge in [0.15, 0.2) is 0 Å². The fourth-order valence-corrected chi connectivity index (χ4v) is 8.95. The fraction of sp³-hybridized carbons (Fsp3) is 0. The number of rotatable bonds is 10. The molecule has 1 aromatic heterocycles. The minimum Gasteiger partial charge on any atom is -0.310 e. The number of hydrogen-bond acceptors (Lipinski definition) is 4. The Labute approximate surface area is 343 Å². The summed E-state index contributed by atoms with van der Waals surface area (Å²) >= 11 is 1.85. The van der Waals surface area contributed by atoms with Crippen LogP contribution in [0.15, 0.2) is 237 Å². The molecule has 10 aromatic rings. The first-order valence-corrected chi connectivity index (χ1v) is 20.4. The van der Waals surface area contributed by atoms with Crippen molar-refractivity contribution in [2.45, 2.75) is 0 Å². The highest BCUT2D eigenvalue weighted by Gasteiger charge is 2.18. The highest BCUT2D eigenvalue weighted by atomic mass is 32.1. The SMILES string of the molecule is c1ccc(N(c2ccccc2)c2cccc(N(c3ccccc3)c3ccc(-c4ccc5sc6ccc(N(c7ccccc7)c7ccccc7)cc6c5c4)cc3)c2)cc1. The molecule has 0 aliphatic heterocycles. The summed E-state index contributed by atoms with van der Waals surface area (Å²) in [5.41, 5.74) is 12.4. The molecule has 1 heterocycles. The first kappa shape index (κ1) is 35.0. The van der Waals surface area contributed by atoms with Gasteiger partial charge in [-0.15, -0.1) is 11.3 Å². The number of fused-ring (bicyclic) bond motifs is 3. The first-order chi connectivity index (χ1) is 28.8. The fourth-order valence-electron chi connectivity index (χ4n) is 7.89. The van der Waals surface area contributed by atoms with Crippen LogP contribution in [0.4, 0.5) is 51.2 Å². The van der Waals surface area contributed by atoms with Crippen molar-refractivity contribution in [3.05, 3.63) is 237 Å². The molecule has 0 spiro atoms. The van der Waals surface area contributed by atoms with Gasteiger partial charge in [0.05, 0.1) is 0 Å². The Morgan fingerprint density at radius 1 is 0.224 bits per heavy atom. The van der Waals surface area contributed by atoms with E-state index >= 15 is 0 Å². The van der Waals surface area contributed by atoms with E-state index in [1.807, 2.05) is 11.3 Å². The molecule has 0 aliphatic carbocycles. The Bertz CT molecular complexity index is 2850. The third-order valence-electron chi connectivity index (χ3n) is 10.6. The van der Waals surface area contributed by atoms with Crippen LogP contribution in [-0.4, -0.2) is 0 Å². The summed E-state index contributed by atoms with van der Waals surface area (Å²) < 4.78 is 2.57. The number of nitrogens with zero attached hydrogens (tertiary/aromatic N) is 3. The predicted molar refractivity (Wildman–Crippen MR) is 249 cm³/mol. The Balaban J connectivity index is 1.02. The molecule has 0 N–H and O–H groups in total. The summed E-state index contributed by atoms with van der Waals surface area (Å²) in [7, 11) is 0. The van der Waals surface area contributed by atoms with Gasteiger partial charge in [-0.3, -0.25) is 0 Å². The molecule has 3 nitrogen and oxygen atoms in total. The maximum Gasteiger partial charge on any atom is 0.0482 e. The maximum atomic E-state index is 2.36. The second-order valence-electron chi connectivity index (χ2n) is 14.2. The third kappa shape index (κ3) is 6.87. The van der Waals surface area contributed by atoms with Crippen LogP contribution >= 0.6 is 11.3 Å². The average Bonchev–Trinajstić information content (AvgIpc) is 3.66. The molecule has 0 fully saturated rings. The standard InChI is InChI=1S/C54H39N3S/c1-6-17-42(18-7-1)55(43-19-8-2-9-20-43)48-27-16-28-49(38-48)57(46-25-14-5-15-26-46)47-32-29-40(30-33-47)41-31-35-53-51(37-41)52-39-50(34-36-54(52)58-53)56(44-21-10-3-11-22-44)45-23-12-4-13-24-45/h1-39H. The molecule has 0 aliphatic rings. The van der Waals surface area contributed by atoms with E-state index in [0.717, 1.165) is 51.2 Å². The van der Waals surface area contributed by atoms with Crippen LogP contribution in [-0.2, 0) is 0 Å². The van der Waals surface area contributed by atoms with E-state index in [-0.39, 0.29) is 0 Å². The van der Waals surface area contributed by atoms with Gasteiger partial charge in [-0.1, -0.05) is 115 Å². The number of para-hydroxylation sites is 5. The highest BCUT2D eigenvalue weighted by molar-refractivity contribution is 7.25. The maximum absolute atomic E-state index is 2.36. The minimum atomic E-state index is 1.08. The second-order valence-corrected chi connectivity index (χ2v) is 15.3. The van der Waals surface area contributed by atoms with E-state index < -0.39 is 0 Å². The normalized spacial score (nSPS) is 11.1. The number of hydrogen-bond donors (Lipinski definition) is 0. The van der Waals surface area contributed by atoms with Gasteiger partial charge in [0, 0.05) is 71.4 Å². The molecule has 0 bridgehead atoms. The van der Waals surface area contributed by atoms with Crippen LogP contribution in [0.5, 0.6) is 0 Å². The molecule has 0 amide bonds. The van der Waals surface area contributed by atoms with E-state index in [1.165, 1.54) is 31.3 Å². The zero-order valence-electron chi connectivity index (χ0n) is 31.8. The Kier molecular flexibility index (Phi) is 9.44. The molecular formula is C54H39N3S. The zero-order valence-corrected chi connectivity index (χ0v) is 32.6. The average molecular weight is 762 g/mol. The number of anilines is 9. The Hall–Kier alpha value is -7.40. The van der Waals surface area contributed by atoms with Crippen LogP contribution in [0.2, 0.25) is 0 Å². The summed E-state index contributed by atoms with van der Waals surface area (Å²) in [5.74, 6) is 0. The lowest BCUT2D eigenvalue weighted by Crippen LogP contribution is -2.13. The second kappa shape index (κ2) is 15.6. The van der Waals surface area contributed by atoms with Crippen molar-refractivity contribution >= 4 is 82.7 Å². The quantitative estimate of drug-likeness (QED) is 0.137. The molecule has 9 aromatic carbocycles. The Morgan fingerprint density at radius 3 is 0.966 bits per heavy atom. The van der Waals surface area contributed by atoms with Crippen LogP contribution in [0.25, 0.3) is 31.3 Å². The summed E-state index contributed by atoms with van der Waals surface area (Å²) in [6, 6.07) is 84.5. The van der Waals surface area contributed by atoms with Gasteiger partial charge in [0.25, 0.3) is 0 Å². The molecule has 0 radical (unpaired) electrons. The van der Waals surface area contributed by atoms with Crippen molar-refractivity contribution < 1.29 is 0 Å². The van der Waals surface area contributed by atoms with E-state index in [2.05, 4.69) is 251 Å². The third-order valence-corrected chi connectivity index (χ3v) is 11.7. The van der Waals surface area contributed by atoms with Gasteiger partial charge < -0.3 is 14.7 Å². The topological polar surface area (TPSA) is 9.72 Å². The highest BCUT2D eigenvalue weighted by Crippen LogP contribution is 2.43. The summed E-state index contributed by atoms with van der Waals surface area (Å²) in [6.45, 7) is 0. The van der Waals surface area contributed by atoms with Gasteiger partial charge in [-0.2, -0.15) is 0 Å². The van der Waals surface area contributed by atoms with Crippen LogP contribution in [0, 0.1) is 0 Å². The monoisotopic (exact) mass is 761 g/mol. The van der Waals surface area contributed by atoms with Gasteiger partial charge in [-0.05, 0) is 132 Å². The lowest BCUT2D eigenvalue weighted by atomic mass is 10.0. The smallest absolute Gasteiger partial charge is 0.0482 e. The molecule has 0 saturated heterocycles. The molecular weight excluding hydrogens is 723 g/mol. The lowest BCUT2D eigenvalue weighted by molar-refractivity contribution is 1.25. The molecule has 58 heavy (non-hydrogen) atoms. The molecule has 0 saturated carbocycles. The summed E-state index contributed by atoms with van der Waals surface area (Å²) in [6.07, 6.45) is 0. The van der Waals surface area contributed by atoms with Crippen molar-refractivity contribution in [1.29, 1.82) is 0 Å². The number of benzene rings is 9. The van der Waals surface area contributed by atoms with Crippen LogP contribution in [0.3, 0.4) is 0 Å². The summed E-state index contributed by atoms with van der Waals surface area (Å²) in [5, 5.41) is 2.54. The first-order valence-electron chi connectivity index (χ1n) is 19.6. The predicted octanol–water partition coefficient (Wildman–Crippen LogP) is 16.1. The zero-order chi connectivity index (χ0) is 38.7. The molecule has 10 rings (SSSR count). The van der Waals surface area contributed by atoms with Crippen molar-refractivity contribution in [1.82, 2.24) is 0 Å².